The molecule has 164 valence electrons. The second-order valence-corrected chi connectivity index (χ2v) is 10.7. The van der Waals surface area contributed by atoms with E-state index in [1.54, 1.807) is 23.6 Å². The molecule has 1 aromatic carbocycles. The van der Waals surface area contributed by atoms with Gasteiger partial charge in [-0.05, 0) is 22.6 Å². The molecule has 1 saturated heterocycles. The fraction of sp³-hybridized carbons (Fsp3) is 0.500. The molecule has 2 heterocycles. The SMILES string of the molecule is CN(Cc1ccc(C(C)(C)C)cc1)C(=O)c1cc(S(=O)(=O)N2CCOCC2)cn1C. The number of rotatable bonds is 5. The van der Waals surface area contributed by atoms with E-state index >= 15 is 0 Å². The van der Waals surface area contributed by atoms with Crippen molar-refractivity contribution in [2.75, 3.05) is 33.4 Å². The third kappa shape index (κ3) is 4.77. The molecule has 1 aliphatic heterocycles. The average molecular weight is 434 g/mol. The molecule has 1 aromatic heterocycles. The summed E-state index contributed by atoms with van der Waals surface area (Å²) in [4.78, 5) is 14.7. The standard InChI is InChI=1S/C22H31N3O4S/c1-22(2,3)18-8-6-17(7-9-18)15-24(5)21(26)20-14-19(16-23(20)4)30(27,28)25-10-12-29-13-11-25/h6-9,14,16H,10-13,15H2,1-5H3. The van der Waals surface area contributed by atoms with Crippen molar-refractivity contribution in [3.8, 4) is 0 Å². The van der Waals surface area contributed by atoms with Crippen molar-refractivity contribution in [1.29, 1.82) is 0 Å². The average Bonchev–Trinajstić information content (AvgIpc) is 3.10. The van der Waals surface area contributed by atoms with Gasteiger partial charge in [-0.15, -0.1) is 0 Å². The second-order valence-electron chi connectivity index (χ2n) is 8.80. The van der Waals surface area contributed by atoms with Crippen LogP contribution in [-0.2, 0) is 33.8 Å². The summed E-state index contributed by atoms with van der Waals surface area (Å²) >= 11 is 0. The van der Waals surface area contributed by atoms with Gasteiger partial charge in [-0.25, -0.2) is 8.42 Å². The summed E-state index contributed by atoms with van der Waals surface area (Å²) in [5.74, 6) is -0.221. The first-order valence-electron chi connectivity index (χ1n) is 10.1. The third-order valence-electron chi connectivity index (χ3n) is 5.39. The van der Waals surface area contributed by atoms with Crippen molar-refractivity contribution in [2.24, 2.45) is 7.05 Å². The molecule has 0 N–H and O–H groups in total. The van der Waals surface area contributed by atoms with Gasteiger partial charge in [0.15, 0.2) is 0 Å². The van der Waals surface area contributed by atoms with Gasteiger partial charge in [0.2, 0.25) is 10.0 Å². The van der Waals surface area contributed by atoms with Gasteiger partial charge in [0.25, 0.3) is 5.91 Å². The molecular formula is C22H31N3O4S. The number of carbonyl (C=O) groups excluding carboxylic acids is 1. The maximum atomic E-state index is 13.0. The van der Waals surface area contributed by atoms with Crippen LogP contribution < -0.4 is 0 Å². The first-order chi connectivity index (χ1) is 14.0. The predicted molar refractivity (Wildman–Crippen MR) is 116 cm³/mol. The van der Waals surface area contributed by atoms with Crippen molar-refractivity contribution >= 4 is 15.9 Å². The van der Waals surface area contributed by atoms with Crippen LogP contribution in [0.25, 0.3) is 0 Å². The Balaban J connectivity index is 1.75. The van der Waals surface area contributed by atoms with Gasteiger partial charge in [0.1, 0.15) is 10.6 Å². The molecule has 8 heteroatoms. The summed E-state index contributed by atoms with van der Waals surface area (Å²) in [5.41, 5.74) is 2.68. The number of aryl methyl sites for hydroxylation is 1. The van der Waals surface area contributed by atoms with Crippen molar-refractivity contribution in [3.05, 3.63) is 53.3 Å². The number of aromatic nitrogens is 1. The number of hydrogen-bond acceptors (Lipinski definition) is 4. The molecular weight excluding hydrogens is 402 g/mol. The molecule has 0 unspecified atom stereocenters. The summed E-state index contributed by atoms with van der Waals surface area (Å²) in [5, 5.41) is 0. The molecule has 0 spiro atoms. The Morgan fingerprint density at radius 3 is 2.30 bits per heavy atom. The van der Waals surface area contributed by atoms with E-state index in [9.17, 15) is 13.2 Å². The van der Waals surface area contributed by atoms with Crippen molar-refractivity contribution in [2.45, 2.75) is 37.6 Å². The van der Waals surface area contributed by atoms with Crippen LogP contribution in [0.3, 0.4) is 0 Å². The van der Waals surface area contributed by atoms with Crippen molar-refractivity contribution < 1.29 is 17.9 Å². The molecule has 1 amide bonds. The van der Waals surface area contributed by atoms with E-state index in [0.717, 1.165) is 5.56 Å². The van der Waals surface area contributed by atoms with Gasteiger partial charge in [-0.1, -0.05) is 45.0 Å². The van der Waals surface area contributed by atoms with Crippen LogP contribution in [0.4, 0.5) is 0 Å². The Kier molecular flexibility index (Phi) is 6.40. The fourth-order valence-corrected chi connectivity index (χ4v) is 4.96. The normalized spacial score (nSPS) is 15.9. The van der Waals surface area contributed by atoms with Crippen LogP contribution in [0.2, 0.25) is 0 Å². The molecule has 7 nitrogen and oxygen atoms in total. The largest absolute Gasteiger partial charge is 0.379 e. The Morgan fingerprint density at radius 2 is 1.73 bits per heavy atom. The topological polar surface area (TPSA) is 71.8 Å². The lowest BCUT2D eigenvalue weighted by molar-refractivity contribution is 0.0730. The van der Waals surface area contributed by atoms with Gasteiger partial charge in [0.05, 0.1) is 13.2 Å². The van der Waals surface area contributed by atoms with Gasteiger partial charge >= 0.3 is 0 Å². The van der Waals surface area contributed by atoms with Gasteiger partial charge < -0.3 is 14.2 Å². The molecule has 30 heavy (non-hydrogen) atoms. The molecule has 2 aromatic rings. The Morgan fingerprint density at radius 1 is 1.13 bits per heavy atom. The van der Waals surface area contributed by atoms with E-state index in [1.165, 1.54) is 22.1 Å². The van der Waals surface area contributed by atoms with Crippen LogP contribution in [0, 0.1) is 0 Å². The molecule has 1 fully saturated rings. The highest BCUT2D eigenvalue weighted by Crippen LogP contribution is 2.23. The first-order valence-corrected chi connectivity index (χ1v) is 11.5. The third-order valence-corrected chi connectivity index (χ3v) is 7.26. The fourth-order valence-electron chi connectivity index (χ4n) is 3.48. The highest BCUT2D eigenvalue weighted by molar-refractivity contribution is 7.89. The van der Waals surface area contributed by atoms with Gasteiger partial charge in [-0.2, -0.15) is 4.31 Å². The van der Waals surface area contributed by atoms with E-state index in [-0.39, 0.29) is 16.2 Å². The van der Waals surface area contributed by atoms with Crippen LogP contribution >= 0.6 is 0 Å². The van der Waals surface area contributed by atoms with Crippen LogP contribution in [-0.4, -0.2) is 61.4 Å². The number of carbonyl (C=O) groups is 1. The summed E-state index contributed by atoms with van der Waals surface area (Å²) in [6.45, 7) is 8.35. The monoisotopic (exact) mass is 433 g/mol. The number of ether oxygens (including phenoxy) is 1. The zero-order chi connectivity index (χ0) is 22.1. The number of hydrogen-bond donors (Lipinski definition) is 0. The maximum Gasteiger partial charge on any atom is 0.270 e. The smallest absolute Gasteiger partial charge is 0.270 e. The van der Waals surface area contributed by atoms with E-state index in [1.807, 2.05) is 12.1 Å². The number of benzene rings is 1. The van der Waals surface area contributed by atoms with Crippen LogP contribution in [0.1, 0.15) is 42.4 Å². The maximum absolute atomic E-state index is 13.0. The zero-order valence-electron chi connectivity index (χ0n) is 18.4. The molecule has 1 aliphatic rings. The van der Waals surface area contributed by atoms with Crippen molar-refractivity contribution in [3.63, 3.8) is 0 Å². The lowest BCUT2D eigenvalue weighted by Gasteiger charge is -2.25. The summed E-state index contributed by atoms with van der Waals surface area (Å²) in [6.07, 6.45) is 1.50. The molecule has 0 radical (unpaired) electrons. The number of amides is 1. The summed E-state index contributed by atoms with van der Waals surface area (Å²) in [6, 6.07) is 9.70. The Hall–Kier alpha value is -2.16. The van der Waals surface area contributed by atoms with Gasteiger partial charge in [-0.3, -0.25) is 4.79 Å². The predicted octanol–water partition coefficient (Wildman–Crippen LogP) is 2.62. The molecule has 3 rings (SSSR count). The molecule has 0 saturated carbocycles. The number of sulfonamides is 1. The highest BCUT2D eigenvalue weighted by Gasteiger charge is 2.29. The number of morpholine rings is 1. The van der Waals surface area contributed by atoms with Crippen LogP contribution in [0.5, 0.6) is 0 Å². The summed E-state index contributed by atoms with van der Waals surface area (Å²) < 4.78 is 34.0. The minimum atomic E-state index is -3.64. The molecule has 0 aliphatic carbocycles. The quantitative estimate of drug-likeness (QED) is 0.727. The van der Waals surface area contributed by atoms with E-state index in [0.29, 0.717) is 38.5 Å². The molecule has 0 bridgehead atoms. The minimum Gasteiger partial charge on any atom is -0.379 e. The number of nitrogens with zero attached hydrogens (tertiary/aromatic N) is 3. The minimum absolute atomic E-state index is 0.0751. The van der Waals surface area contributed by atoms with E-state index in [2.05, 4.69) is 32.9 Å². The van der Waals surface area contributed by atoms with E-state index in [4.69, 9.17) is 4.74 Å². The zero-order valence-corrected chi connectivity index (χ0v) is 19.2. The van der Waals surface area contributed by atoms with Crippen LogP contribution in [0.15, 0.2) is 41.4 Å². The lowest BCUT2D eigenvalue weighted by Crippen LogP contribution is -2.40. The Bertz CT molecular complexity index is 998. The first kappa shape index (κ1) is 22.5. The molecule has 0 atom stereocenters. The lowest BCUT2D eigenvalue weighted by atomic mass is 9.87. The Labute approximate surface area is 179 Å². The van der Waals surface area contributed by atoms with Crippen molar-refractivity contribution in [1.82, 2.24) is 13.8 Å². The van der Waals surface area contributed by atoms with Gasteiger partial charge in [0, 0.05) is 39.9 Å². The highest BCUT2D eigenvalue weighted by atomic mass is 32.2. The van der Waals surface area contributed by atoms with E-state index < -0.39 is 10.0 Å². The summed E-state index contributed by atoms with van der Waals surface area (Å²) in [7, 11) is -0.221. The second kappa shape index (κ2) is 8.53.